The van der Waals surface area contributed by atoms with Crippen LogP contribution in [0.5, 0.6) is 0 Å². The summed E-state index contributed by atoms with van der Waals surface area (Å²) < 4.78 is 26.8. The minimum atomic E-state index is -3.45. The van der Waals surface area contributed by atoms with Gasteiger partial charge in [-0.1, -0.05) is 26.0 Å². The summed E-state index contributed by atoms with van der Waals surface area (Å²) in [5.41, 5.74) is 7.19. The summed E-state index contributed by atoms with van der Waals surface area (Å²) in [6, 6.07) is 5.40. The molecule has 0 atom stereocenters. The normalized spacial score (nSPS) is 12.4. The Morgan fingerprint density at radius 1 is 1.26 bits per heavy atom. The molecule has 0 unspecified atom stereocenters. The highest BCUT2D eigenvalue weighted by atomic mass is 32.2. The van der Waals surface area contributed by atoms with E-state index in [0.29, 0.717) is 11.4 Å². The zero-order chi connectivity index (χ0) is 14.6. The Hall–Kier alpha value is -0.910. The van der Waals surface area contributed by atoms with E-state index in [-0.39, 0.29) is 6.04 Å². The Labute approximate surface area is 116 Å². The van der Waals surface area contributed by atoms with Gasteiger partial charge in [0, 0.05) is 19.6 Å². The topological polar surface area (TPSA) is 63.4 Å². The minimum absolute atomic E-state index is 0.0333. The molecule has 0 saturated heterocycles. The second-order valence-electron chi connectivity index (χ2n) is 4.80. The van der Waals surface area contributed by atoms with E-state index in [1.54, 1.807) is 13.1 Å². The van der Waals surface area contributed by atoms with Gasteiger partial charge in [0.1, 0.15) is 0 Å². The van der Waals surface area contributed by atoms with Gasteiger partial charge in [-0.3, -0.25) is 0 Å². The lowest BCUT2D eigenvalue weighted by molar-refractivity contribution is 0.349. The fourth-order valence-corrected chi connectivity index (χ4v) is 3.98. The molecule has 0 aliphatic carbocycles. The minimum Gasteiger partial charge on any atom is -0.326 e. The molecule has 4 nitrogen and oxygen atoms in total. The zero-order valence-electron chi connectivity index (χ0n) is 12.2. The molecule has 0 saturated carbocycles. The van der Waals surface area contributed by atoms with E-state index >= 15 is 0 Å². The first-order valence-corrected chi connectivity index (χ1v) is 8.10. The lowest BCUT2D eigenvalue weighted by Crippen LogP contribution is -2.36. The van der Waals surface area contributed by atoms with Crippen LogP contribution in [-0.4, -0.2) is 25.8 Å². The summed E-state index contributed by atoms with van der Waals surface area (Å²) in [5.74, 6) is 0. The Morgan fingerprint density at radius 2 is 1.84 bits per heavy atom. The van der Waals surface area contributed by atoms with Crippen LogP contribution >= 0.6 is 0 Å². The van der Waals surface area contributed by atoms with Crippen molar-refractivity contribution in [2.45, 2.75) is 51.1 Å². The number of hydrogen-bond donors (Lipinski definition) is 1. The predicted octanol–water partition coefficient (Wildman–Crippen LogP) is 2.26. The molecular weight excluding hydrogens is 260 g/mol. The third-order valence-corrected chi connectivity index (χ3v) is 5.65. The summed E-state index contributed by atoms with van der Waals surface area (Å²) in [6.07, 6.45) is 1.61. The van der Waals surface area contributed by atoms with Crippen LogP contribution in [0.15, 0.2) is 23.1 Å². The number of aryl methyl sites for hydroxylation is 1. The fraction of sp³-hybridized carbons (Fsp3) is 0.571. The molecule has 5 heteroatoms. The number of hydrogen-bond acceptors (Lipinski definition) is 3. The van der Waals surface area contributed by atoms with Gasteiger partial charge in [-0.25, -0.2) is 8.42 Å². The molecule has 0 aliphatic heterocycles. The molecule has 19 heavy (non-hydrogen) atoms. The van der Waals surface area contributed by atoms with Crippen LogP contribution in [0.1, 0.15) is 37.8 Å². The third kappa shape index (κ3) is 3.35. The summed E-state index contributed by atoms with van der Waals surface area (Å²) in [7, 11) is -1.79. The van der Waals surface area contributed by atoms with Crippen molar-refractivity contribution in [3.63, 3.8) is 0 Å². The van der Waals surface area contributed by atoms with Crippen molar-refractivity contribution in [1.29, 1.82) is 0 Å². The van der Waals surface area contributed by atoms with Crippen molar-refractivity contribution in [2.24, 2.45) is 5.73 Å². The molecule has 0 amide bonds. The first-order chi connectivity index (χ1) is 8.88. The monoisotopic (exact) mass is 284 g/mol. The molecular formula is C14H24N2O2S. The zero-order valence-corrected chi connectivity index (χ0v) is 13.0. The van der Waals surface area contributed by atoms with E-state index in [1.807, 2.05) is 32.9 Å². The molecule has 0 spiro atoms. The maximum Gasteiger partial charge on any atom is 0.243 e. The third-order valence-electron chi connectivity index (χ3n) is 3.60. The highest BCUT2D eigenvalue weighted by molar-refractivity contribution is 7.89. The van der Waals surface area contributed by atoms with Gasteiger partial charge in [-0.2, -0.15) is 4.31 Å². The lowest BCUT2D eigenvalue weighted by atomic mass is 10.1. The Morgan fingerprint density at radius 3 is 2.32 bits per heavy atom. The highest BCUT2D eigenvalue weighted by Gasteiger charge is 2.27. The van der Waals surface area contributed by atoms with Crippen molar-refractivity contribution >= 4 is 10.0 Å². The van der Waals surface area contributed by atoms with Gasteiger partial charge in [0.05, 0.1) is 4.90 Å². The van der Waals surface area contributed by atoms with E-state index < -0.39 is 10.0 Å². The standard InChI is InChI=1S/C14H24N2O2S/c1-5-13(6-2)16(4)19(17,18)14-9-12(10-15)8-7-11(14)3/h7-9,13H,5-6,10,15H2,1-4H3. The molecule has 0 fully saturated rings. The van der Waals surface area contributed by atoms with Gasteiger partial charge >= 0.3 is 0 Å². The molecule has 0 bridgehead atoms. The van der Waals surface area contributed by atoms with E-state index in [1.165, 1.54) is 4.31 Å². The molecule has 0 radical (unpaired) electrons. The summed E-state index contributed by atoms with van der Waals surface area (Å²) >= 11 is 0. The Bertz CT molecular complexity index is 522. The quantitative estimate of drug-likeness (QED) is 0.871. The maximum atomic E-state index is 12.7. The second kappa shape index (κ2) is 6.50. The molecule has 1 aromatic rings. The van der Waals surface area contributed by atoms with Gasteiger partial charge in [-0.05, 0) is 37.0 Å². The lowest BCUT2D eigenvalue weighted by Gasteiger charge is -2.26. The number of rotatable bonds is 6. The van der Waals surface area contributed by atoms with E-state index in [0.717, 1.165) is 24.0 Å². The van der Waals surface area contributed by atoms with Gasteiger partial charge in [0.2, 0.25) is 10.0 Å². The van der Waals surface area contributed by atoms with E-state index in [2.05, 4.69) is 0 Å². The fourth-order valence-electron chi connectivity index (χ4n) is 2.20. The molecule has 0 heterocycles. The van der Waals surface area contributed by atoms with Crippen LogP contribution in [0.25, 0.3) is 0 Å². The smallest absolute Gasteiger partial charge is 0.243 e. The van der Waals surface area contributed by atoms with Crippen LogP contribution in [0.4, 0.5) is 0 Å². The van der Waals surface area contributed by atoms with Crippen molar-refractivity contribution in [3.8, 4) is 0 Å². The van der Waals surface area contributed by atoms with Crippen molar-refractivity contribution in [3.05, 3.63) is 29.3 Å². The van der Waals surface area contributed by atoms with Gasteiger partial charge in [0.25, 0.3) is 0 Å². The van der Waals surface area contributed by atoms with Crippen LogP contribution in [0.3, 0.4) is 0 Å². The van der Waals surface area contributed by atoms with Crippen LogP contribution in [0.2, 0.25) is 0 Å². The molecule has 108 valence electrons. The van der Waals surface area contributed by atoms with Crippen LogP contribution < -0.4 is 5.73 Å². The van der Waals surface area contributed by atoms with Crippen LogP contribution in [-0.2, 0) is 16.6 Å². The first kappa shape index (κ1) is 16.1. The molecule has 1 rings (SSSR count). The van der Waals surface area contributed by atoms with Crippen molar-refractivity contribution < 1.29 is 8.42 Å². The molecule has 1 aromatic carbocycles. The van der Waals surface area contributed by atoms with Crippen molar-refractivity contribution in [2.75, 3.05) is 7.05 Å². The predicted molar refractivity (Wildman–Crippen MR) is 78.4 cm³/mol. The molecule has 0 aromatic heterocycles. The second-order valence-corrected chi connectivity index (χ2v) is 6.76. The molecule has 0 aliphatic rings. The van der Waals surface area contributed by atoms with E-state index in [9.17, 15) is 8.42 Å². The molecule has 2 N–H and O–H groups in total. The highest BCUT2D eigenvalue weighted by Crippen LogP contribution is 2.23. The average Bonchev–Trinajstić information content (AvgIpc) is 2.40. The summed E-state index contributed by atoms with van der Waals surface area (Å²) in [4.78, 5) is 0.366. The Kier molecular flexibility index (Phi) is 5.52. The SMILES string of the molecule is CCC(CC)N(C)S(=O)(=O)c1cc(CN)ccc1C. The maximum absolute atomic E-state index is 12.7. The van der Waals surface area contributed by atoms with Crippen molar-refractivity contribution in [1.82, 2.24) is 4.31 Å². The van der Waals surface area contributed by atoms with E-state index in [4.69, 9.17) is 5.73 Å². The number of nitrogens with two attached hydrogens (primary N) is 1. The summed E-state index contributed by atoms with van der Waals surface area (Å²) in [5, 5.41) is 0. The summed E-state index contributed by atoms with van der Waals surface area (Å²) in [6.45, 7) is 6.16. The van der Waals surface area contributed by atoms with Crippen LogP contribution in [0, 0.1) is 6.92 Å². The number of nitrogens with zero attached hydrogens (tertiary/aromatic N) is 1. The Balaban J connectivity index is 3.26. The number of sulfonamides is 1. The number of benzene rings is 1. The van der Waals surface area contributed by atoms with Gasteiger partial charge < -0.3 is 5.73 Å². The van der Waals surface area contributed by atoms with Gasteiger partial charge in [-0.15, -0.1) is 0 Å². The largest absolute Gasteiger partial charge is 0.326 e. The van der Waals surface area contributed by atoms with Gasteiger partial charge in [0.15, 0.2) is 0 Å². The average molecular weight is 284 g/mol. The first-order valence-electron chi connectivity index (χ1n) is 6.66.